The van der Waals surface area contributed by atoms with Crippen molar-refractivity contribution in [3.8, 4) is 10.6 Å². The molecule has 0 aliphatic carbocycles. The van der Waals surface area contributed by atoms with Crippen LogP contribution in [0, 0.1) is 0 Å². The van der Waals surface area contributed by atoms with Crippen LogP contribution in [0.15, 0.2) is 22.1 Å². The number of oxazole rings is 1. The van der Waals surface area contributed by atoms with E-state index in [9.17, 15) is 0 Å². The molecule has 0 saturated carbocycles. The molecule has 13 heavy (non-hydrogen) atoms. The van der Waals surface area contributed by atoms with Crippen molar-refractivity contribution in [2.75, 3.05) is 0 Å². The van der Waals surface area contributed by atoms with Crippen molar-refractivity contribution in [2.24, 2.45) is 0 Å². The van der Waals surface area contributed by atoms with Crippen LogP contribution in [0.4, 0.5) is 0 Å². The molecule has 2 rings (SSSR count). The lowest BCUT2D eigenvalue weighted by atomic mass is 10.4. The van der Waals surface area contributed by atoms with Crippen molar-refractivity contribution in [3.63, 3.8) is 0 Å². The molecule has 68 valence electrons. The molecular formula is C8H5Cl2NOS. The average Bonchev–Trinajstić information content (AvgIpc) is 2.71. The number of halogens is 2. The third kappa shape index (κ3) is 1.73. The van der Waals surface area contributed by atoms with E-state index in [1.165, 1.54) is 11.3 Å². The van der Waals surface area contributed by atoms with Crippen LogP contribution in [0.25, 0.3) is 10.6 Å². The summed E-state index contributed by atoms with van der Waals surface area (Å²) in [4.78, 5) is 4.88. The molecule has 0 unspecified atom stereocenters. The van der Waals surface area contributed by atoms with Crippen LogP contribution >= 0.6 is 34.5 Å². The Morgan fingerprint density at radius 2 is 2.38 bits per heavy atom. The van der Waals surface area contributed by atoms with Gasteiger partial charge in [0.1, 0.15) is 0 Å². The maximum Gasteiger partial charge on any atom is 0.209 e. The Bertz CT molecular complexity index is 410. The maximum atomic E-state index is 5.92. The lowest BCUT2D eigenvalue weighted by Gasteiger charge is -1.89. The van der Waals surface area contributed by atoms with E-state index in [2.05, 4.69) is 4.98 Å². The molecule has 0 N–H and O–H groups in total. The van der Waals surface area contributed by atoms with Gasteiger partial charge in [0.2, 0.25) is 5.89 Å². The molecule has 2 heterocycles. The summed E-state index contributed by atoms with van der Waals surface area (Å²) in [6.07, 6.45) is 1.63. The second-order valence-corrected chi connectivity index (χ2v) is 3.94. The van der Waals surface area contributed by atoms with Gasteiger partial charge in [0, 0.05) is 0 Å². The van der Waals surface area contributed by atoms with E-state index in [0.29, 0.717) is 16.7 Å². The summed E-state index contributed by atoms with van der Waals surface area (Å²) < 4.78 is 5.34. The van der Waals surface area contributed by atoms with Gasteiger partial charge in [-0.15, -0.1) is 22.9 Å². The van der Waals surface area contributed by atoms with Crippen molar-refractivity contribution < 1.29 is 4.42 Å². The minimum atomic E-state index is 0.281. The van der Waals surface area contributed by atoms with Crippen LogP contribution in [0.2, 0.25) is 5.02 Å². The second-order valence-electron chi connectivity index (χ2n) is 2.35. The van der Waals surface area contributed by atoms with Gasteiger partial charge < -0.3 is 4.42 Å². The summed E-state index contributed by atoms with van der Waals surface area (Å²) in [5, 5.41) is 2.59. The Kier molecular flexibility index (Phi) is 2.58. The van der Waals surface area contributed by atoms with E-state index in [1.807, 2.05) is 11.4 Å². The highest BCUT2D eigenvalue weighted by Crippen LogP contribution is 2.33. The molecule has 2 aromatic rings. The van der Waals surface area contributed by atoms with E-state index in [-0.39, 0.29) is 5.88 Å². The minimum Gasteiger partial charge on any atom is -0.439 e. The molecule has 0 atom stereocenters. The zero-order valence-corrected chi connectivity index (χ0v) is 8.79. The fourth-order valence-corrected chi connectivity index (χ4v) is 2.17. The van der Waals surface area contributed by atoms with Gasteiger partial charge in [-0.05, 0) is 11.4 Å². The molecule has 0 fully saturated rings. The SMILES string of the molecule is ClCc1ncc(-c2sccc2Cl)o1. The number of aromatic nitrogens is 1. The van der Waals surface area contributed by atoms with Gasteiger partial charge in [0.15, 0.2) is 5.76 Å². The third-order valence-electron chi connectivity index (χ3n) is 1.51. The molecule has 2 nitrogen and oxygen atoms in total. The first-order valence-electron chi connectivity index (χ1n) is 3.55. The van der Waals surface area contributed by atoms with Crippen molar-refractivity contribution >= 4 is 34.5 Å². The van der Waals surface area contributed by atoms with E-state index in [4.69, 9.17) is 27.6 Å². The number of nitrogens with zero attached hydrogens (tertiary/aromatic N) is 1. The van der Waals surface area contributed by atoms with Gasteiger partial charge in [-0.25, -0.2) is 4.98 Å². The summed E-state index contributed by atoms with van der Waals surface area (Å²) in [7, 11) is 0. The molecular weight excluding hydrogens is 229 g/mol. The summed E-state index contributed by atoms with van der Waals surface area (Å²) >= 11 is 13.0. The Labute approximate surface area is 89.1 Å². The van der Waals surface area contributed by atoms with Crippen LogP contribution in [0.3, 0.4) is 0 Å². The quantitative estimate of drug-likeness (QED) is 0.738. The lowest BCUT2D eigenvalue weighted by molar-refractivity contribution is 0.530. The first kappa shape index (κ1) is 9.06. The van der Waals surface area contributed by atoms with Crippen LogP contribution < -0.4 is 0 Å². The zero-order chi connectivity index (χ0) is 9.26. The first-order chi connectivity index (χ1) is 6.31. The number of hydrogen-bond donors (Lipinski definition) is 0. The number of alkyl halides is 1. The first-order valence-corrected chi connectivity index (χ1v) is 5.34. The number of hydrogen-bond acceptors (Lipinski definition) is 3. The van der Waals surface area contributed by atoms with Gasteiger partial charge in [-0.2, -0.15) is 0 Å². The molecule has 0 radical (unpaired) electrons. The average molecular weight is 234 g/mol. The van der Waals surface area contributed by atoms with Gasteiger partial charge >= 0.3 is 0 Å². The molecule has 0 aliphatic heterocycles. The van der Waals surface area contributed by atoms with E-state index in [0.717, 1.165) is 4.88 Å². The summed E-state index contributed by atoms with van der Waals surface area (Å²) in [5.74, 6) is 1.47. The normalized spacial score (nSPS) is 10.6. The van der Waals surface area contributed by atoms with Crippen molar-refractivity contribution in [1.82, 2.24) is 4.98 Å². The largest absolute Gasteiger partial charge is 0.439 e. The topological polar surface area (TPSA) is 26.0 Å². The minimum absolute atomic E-state index is 0.281. The molecule has 0 aliphatic rings. The Balaban J connectivity index is 2.41. The molecule has 0 aromatic carbocycles. The third-order valence-corrected chi connectivity index (χ3v) is 3.09. The summed E-state index contributed by atoms with van der Waals surface area (Å²) in [5.41, 5.74) is 0. The van der Waals surface area contributed by atoms with Crippen LogP contribution in [0.1, 0.15) is 5.89 Å². The highest BCUT2D eigenvalue weighted by atomic mass is 35.5. The van der Waals surface area contributed by atoms with Gasteiger partial charge in [0.25, 0.3) is 0 Å². The number of rotatable bonds is 2. The smallest absolute Gasteiger partial charge is 0.209 e. The highest BCUT2D eigenvalue weighted by Gasteiger charge is 2.10. The molecule has 0 spiro atoms. The van der Waals surface area contributed by atoms with Gasteiger partial charge in [-0.1, -0.05) is 11.6 Å². The Hall–Kier alpha value is -0.510. The van der Waals surface area contributed by atoms with Crippen LogP contribution in [-0.2, 0) is 5.88 Å². The van der Waals surface area contributed by atoms with Crippen LogP contribution in [0.5, 0.6) is 0 Å². The fourth-order valence-electron chi connectivity index (χ4n) is 0.947. The Morgan fingerprint density at radius 3 is 2.92 bits per heavy atom. The molecule has 0 bridgehead atoms. The number of thiophene rings is 1. The predicted molar refractivity (Wildman–Crippen MR) is 54.4 cm³/mol. The molecule has 5 heteroatoms. The highest BCUT2D eigenvalue weighted by molar-refractivity contribution is 7.14. The molecule has 0 saturated heterocycles. The van der Waals surface area contributed by atoms with Crippen molar-refractivity contribution in [3.05, 3.63) is 28.6 Å². The van der Waals surface area contributed by atoms with Gasteiger partial charge in [-0.3, -0.25) is 0 Å². The standard InChI is InChI=1S/C8H5Cl2NOS/c9-3-7-11-4-6(12-7)8-5(10)1-2-13-8/h1-2,4H,3H2. The summed E-state index contributed by atoms with van der Waals surface area (Å²) in [6.45, 7) is 0. The zero-order valence-electron chi connectivity index (χ0n) is 6.46. The van der Waals surface area contributed by atoms with Crippen molar-refractivity contribution in [2.45, 2.75) is 5.88 Å². The predicted octanol–water partition coefficient (Wildman–Crippen LogP) is 3.80. The van der Waals surface area contributed by atoms with Crippen molar-refractivity contribution in [1.29, 1.82) is 0 Å². The Morgan fingerprint density at radius 1 is 1.54 bits per heavy atom. The van der Waals surface area contributed by atoms with Crippen LogP contribution in [-0.4, -0.2) is 4.98 Å². The second kappa shape index (κ2) is 3.70. The lowest BCUT2D eigenvalue weighted by Crippen LogP contribution is -1.70. The van der Waals surface area contributed by atoms with E-state index < -0.39 is 0 Å². The maximum absolute atomic E-state index is 5.92. The fraction of sp³-hybridized carbons (Fsp3) is 0.125. The molecule has 2 aromatic heterocycles. The summed E-state index contributed by atoms with van der Waals surface area (Å²) in [6, 6.07) is 1.82. The van der Waals surface area contributed by atoms with Gasteiger partial charge in [0.05, 0.1) is 22.0 Å². The van der Waals surface area contributed by atoms with E-state index >= 15 is 0 Å². The molecule has 0 amide bonds. The monoisotopic (exact) mass is 233 g/mol. The van der Waals surface area contributed by atoms with E-state index in [1.54, 1.807) is 6.20 Å².